The lowest BCUT2D eigenvalue weighted by Gasteiger charge is -2.22. The molecule has 1 aromatic rings. The van der Waals surface area contributed by atoms with Crippen LogP contribution >= 0.6 is 12.2 Å². The van der Waals surface area contributed by atoms with E-state index in [0.29, 0.717) is 4.77 Å². The van der Waals surface area contributed by atoms with E-state index in [1.54, 1.807) is 0 Å². The first-order chi connectivity index (χ1) is 6.84. The van der Waals surface area contributed by atoms with Gasteiger partial charge in [0, 0.05) is 12.4 Å². The van der Waals surface area contributed by atoms with E-state index in [-0.39, 0.29) is 0 Å². The summed E-state index contributed by atoms with van der Waals surface area (Å²) < 4.78 is 0.565. The second-order valence-electron chi connectivity index (χ2n) is 3.84. The van der Waals surface area contributed by atoms with Crippen molar-refractivity contribution in [3.8, 4) is 0 Å². The maximum Gasteiger partial charge on any atom is 0.196 e. The fourth-order valence-electron chi connectivity index (χ4n) is 1.91. The topological polar surface area (TPSA) is 40.7 Å². The average molecular weight is 209 g/mol. The van der Waals surface area contributed by atoms with Crippen molar-refractivity contribution in [2.45, 2.75) is 19.3 Å². The Morgan fingerprint density at radius 1 is 1.57 bits per heavy atom. The molecule has 0 aliphatic carbocycles. The SMILES string of the molecule is S=c1ncc(CC2CCCNC2)c[nH]1. The highest BCUT2D eigenvalue weighted by Gasteiger charge is 2.13. The lowest BCUT2D eigenvalue weighted by atomic mass is 9.94. The number of nitrogens with one attached hydrogen (secondary N) is 2. The fraction of sp³-hybridized carbons (Fsp3) is 0.600. The Morgan fingerprint density at radius 2 is 2.50 bits per heavy atom. The first kappa shape index (κ1) is 9.80. The molecule has 1 unspecified atom stereocenters. The summed E-state index contributed by atoms with van der Waals surface area (Å²) in [7, 11) is 0. The van der Waals surface area contributed by atoms with Crippen LogP contribution in [0, 0.1) is 10.7 Å². The molecular weight excluding hydrogens is 194 g/mol. The van der Waals surface area contributed by atoms with E-state index in [9.17, 15) is 0 Å². The van der Waals surface area contributed by atoms with Gasteiger partial charge in [-0.3, -0.25) is 0 Å². The second kappa shape index (κ2) is 4.66. The highest BCUT2D eigenvalue weighted by molar-refractivity contribution is 7.71. The summed E-state index contributed by atoms with van der Waals surface area (Å²) in [6, 6.07) is 0. The number of rotatable bonds is 2. The van der Waals surface area contributed by atoms with Crippen LogP contribution in [0.25, 0.3) is 0 Å². The van der Waals surface area contributed by atoms with E-state index in [1.165, 1.54) is 24.9 Å². The highest BCUT2D eigenvalue weighted by atomic mass is 32.1. The maximum atomic E-state index is 4.90. The molecule has 0 saturated carbocycles. The van der Waals surface area contributed by atoms with E-state index in [2.05, 4.69) is 15.3 Å². The lowest BCUT2D eigenvalue weighted by Crippen LogP contribution is -2.30. The molecule has 0 aromatic carbocycles. The van der Waals surface area contributed by atoms with Gasteiger partial charge < -0.3 is 10.3 Å². The standard InChI is InChI=1S/C10H15N3S/c14-10-12-6-9(7-13-10)4-8-2-1-3-11-5-8/h6-8,11H,1-5H2,(H,12,13,14). The number of aromatic nitrogens is 2. The quantitative estimate of drug-likeness (QED) is 0.728. The zero-order chi connectivity index (χ0) is 9.80. The summed E-state index contributed by atoms with van der Waals surface area (Å²) in [6.07, 6.45) is 7.58. The van der Waals surface area contributed by atoms with Gasteiger partial charge >= 0.3 is 0 Å². The Balaban J connectivity index is 1.96. The van der Waals surface area contributed by atoms with E-state index >= 15 is 0 Å². The third kappa shape index (κ3) is 2.62. The lowest BCUT2D eigenvalue weighted by molar-refractivity contribution is 0.375. The van der Waals surface area contributed by atoms with Crippen LogP contribution in [0.3, 0.4) is 0 Å². The van der Waals surface area contributed by atoms with Crippen LogP contribution in [0.5, 0.6) is 0 Å². The van der Waals surface area contributed by atoms with Crippen molar-refractivity contribution in [1.29, 1.82) is 0 Å². The van der Waals surface area contributed by atoms with Crippen LogP contribution in [0.1, 0.15) is 18.4 Å². The zero-order valence-electron chi connectivity index (χ0n) is 8.12. The molecule has 3 nitrogen and oxygen atoms in total. The molecule has 1 aliphatic rings. The van der Waals surface area contributed by atoms with Crippen molar-refractivity contribution in [3.63, 3.8) is 0 Å². The van der Waals surface area contributed by atoms with Crippen LogP contribution < -0.4 is 5.32 Å². The van der Waals surface area contributed by atoms with Gasteiger partial charge in [-0.25, -0.2) is 4.98 Å². The Labute approximate surface area is 89.0 Å². The monoisotopic (exact) mass is 209 g/mol. The van der Waals surface area contributed by atoms with E-state index in [1.807, 2.05) is 12.4 Å². The summed E-state index contributed by atoms with van der Waals surface area (Å²) in [5, 5.41) is 3.42. The molecule has 4 heteroatoms. The van der Waals surface area contributed by atoms with Gasteiger partial charge in [-0.2, -0.15) is 0 Å². The van der Waals surface area contributed by atoms with Gasteiger partial charge in [0.05, 0.1) is 0 Å². The molecule has 1 atom stereocenters. The van der Waals surface area contributed by atoms with Gasteiger partial charge in [-0.05, 0) is 56.1 Å². The summed E-state index contributed by atoms with van der Waals surface area (Å²) in [5.41, 5.74) is 1.26. The minimum atomic E-state index is 0.565. The zero-order valence-corrected chi connectivity index (χ0v) is 8.94. The Kier molecular flexibility index (Phi) is 3.26. The minimum absolute atomic E-state index is 0.565. The third-order valence-electron chi connectivity index (χ3n) is 2.65. The molecule has 1 saturated heterocycles. The van der Waals surface area contributed by atoms with Crippen molar-refractivity contribution >= 4 is 12.2 Å². The van der Waals surface area contributed by atoms with E-state index in [0.717, 1.165) is 18.9 Å². The number of H-pyrrole nitrogens is 1. The maximum absolute atomic E-state index is 4.90. The normalized spacial score (nSPS) is 22.1. The Bertz CT molecular complexity index is 321. The van der Waals surface area contributed by atoms with Crippen molar-refractivity contribution in [2.75, 3.05) is 13.1 Å². The first-order valence-corrected chi connectivity index (χ1v) is 5.50. The number of nitrogens with zero attached hydrogens (tertiary/aromatic N) is 1. The number of piperidine rings is 1. The molecule has 76 valence electrons. The molecule has 1 aromatic heterocycles. The smallest absolute Gasteiger partial charge is 0.196 e. The van der Waals surface area contributed by atoms with E-state index in [4.69, 9.17) is 12.2 Å². The summed E-state index contributed by atoms with van der Waals surface area (Å²) in [6.45, 7) is 2.31. The molecule has 2 heterocycles. The summed E-state index contributed by atoms with van der Waals surface area (Å²) in [5.74, 6) is 0.759. The van der Waals surface area contributed by atoms with Crippen LogP contribution in [-0.2, 0) is 6.42 Å². The van der Waals surface area contributed by atoms with Gasteiger partial charge in [0.25, 0.3) is 0 Å². The Hall–Kier alpha value is -0.740. The van der Waals surface area contributed by atoms with Gasteiger partial charge in [-0.1, -0.05) is 0 Å². The predicted octanol–water partition coefficient (Wildman–Crippen LogP) is 1.68. The van der Waals surface area contributed by atoms with Crippen molar-refractivity contribution in [3.05, 3.63) is 22.7 Å². The minimum Gasteiger partial charge on any atom is -0.337 e. The molecular formula is C10H15N3S. The largest absolute Gasteiger partial charge is 0.337 e. The van der Waals surface area contributed by atoms with Crippen LogP contribution in [-0.4, -0.2) is 23.1 Å². The first-order valence-electron chi connectivity index (χ1n) is 5.09. The number of aromatic amines is 1. The number of hydrogen-bond acceptors (Lipinski definition) is 3. The molecule has 2 N–H and O–H groups in total. The molecule has 0 amide bonds. The van der Waals surface area contributed by atoms with Gasteiger partial charge in [0.15, 0.2) is 4.77 Å². The molecule has 2 rings (SSSR count). The second-order valence-corrected chi connectivity index (χ2v) is 4.23. The van der Waals surface area contributed by atoms with Crippen molar-refractivity contribution < 1.29 is 0 Å². The fourth-order valence-corrected chi connectivity index (χ4v) is 2.03. The number of hydrogen-bond donors (Lipinski definition) is 2. The molecule has 0 spiro atoms. The van der Waals surface area contributed by atoms with Crippen LogP contribution in [0.2, 0.25) is 0 Å². The molecule has 0 bridgehead atoms. The molecule has 1 fully saturated rings. The van der Waals surface area contributed by atoms with Gasteiger partial charge in [0.2, 0.25) is 0 Å². The highest BCUT2D eigenvalue weighted by Crippen LogP contribution is 2.14. The Morgan fingerprint density at radius 3 is 3.14 bits per heavy atom. The van der Waals surface area contributed by atoms with Crippen LogP contribution in [0.4, 0.5) is 0 Å². The average Bonchev–Trinajstić information content (AvgIpc) is 2.23. The summed E-state index contributed by atoms with van der Waals surface area (Å²) in [4.78, 5) is 7.06. The van der Waals surface area contributed by atoms with Crippen LogP contribution in [0.15, 0.2) is 12.4 Å². The van der Waals surface area contributed by atoms with Gasteiger partial charge in [0.1, 0.15) is 0 Å². The molecule has 14 heavy (non-hydrogen) atoms. The van der Waals surface area contributed by atoms with Crippen molar-refractivity contribution in [1.82, 2.24) is 15.3 Å². The van der Waals surface area contributed by atoms with Crippen molar-refractivity contribution in [2.24, 2.45) is 5.92 Å². The third-order valence-corrected chi connectivity index (χ3v) is 2.88. The molecule has 1 aliphatic heterocycles. The summed E-state index contributed by atoms with van der Waals surface area (Å²) >= 11 is 4.90. The predicted molar refractivity (Wildman–Crippen MR) is 58.7 cm³/mol. The van der Waals surface area contributed by atoms with E-state index < -0.39 is 0 Å². The molecule has 0 radical (unpaired) electrons. The van der Waals surface area contributed by atoms with Gasteiger partial charge in [-0.15, -0.1) is 0 Å².